The highest BCUT2D eigenvalue weighted by atomic mass is 16.3. The SMILES string of the molecule is CC1CCN(C(=O)/C(C#N)=C\NCCO)CC1. The zero-order chi connectivity index (χ0) is 12.7. The fraction of sp³-hybridized carbons (Fsp3) is 0.667. The van der Waals surface area contributed by atoms with Gasteiger partial charge in [0.2, 0.25) is 0 Å². The van der Waals surface area contributed by atoms with Crippen molar-refractivity contribution in [2.24, 2.45) is 5.92 Å². The van der Waals surface area contributed by atoms with Crippen LogP contribution >= 0.6 is 0 Å². The molecule has 1 aliphatic rings. The molecular formula is C12H19N3O2. The summed E-state index contributed by atoms with van der Waals surface area (Å²) < 4.78 is 0. The largest absolute Gasteiger partial charge is 0.395 e. The van der Waals surface area contributed by atoms with Gasteiger partial charge in [0.15, 0.2) is 0 Å². The van der Waals surface area contributed by atoms with Crippen LogP contribution in [0.15, 0.2) is 11.8 Å². The maximum atomic E-state index is 12.0. The van der Waals surface area contributed by atoms with E-state index in [2.05, 4.69) is 12.2 Å². The van der Waals surface area contributed by atoms with E-state index in [9.17, 15) is 4.79 Å². The lowest BCUT2D eigenvalue weighted by molar-refractivity contribution is -0.128. The molecule has 5 heteroatoms. The van der Waals surface area contributed by atoms with Crippen molar-refractivity contribution in [1.29, 1.82) is 5.26 Å². The quantitative estimate of drug-likeness (QED) is 0.417. The number of nitriles is 1. The molecule has 1 heterocycles. The topological polar surface area (TPSA) is 76.4 Å². The molecule has 0 bridgehead atoms. The first-order chi connectivity index (χ1) is 8.19. The molecule has 0 atom stereocenters. The Morgan fingerprint density at radius 1 is 1.59 bits per heavy atom. The lowest BCUT2D eigenvalue weighted by Crippen LogP contribution is -2.38. The van der Waals surface area contributed by atoms with Gasteiger partial charge in [0.1, 0.15) is 11.6 Å². The maximum Gasteiger partial charge on any atom is 0.265 e. The van der Waals surface area contributed by atoms with E-state index in [0.29, 0.717) is 12.5 Å². The van der Waals surface area contributed by atoms with Crippen LogP contribution < -0.4 is 5.32 Å². The van der Waals surface area contributed by atoms with E-state index >= 15 is 0 Å². The molecule has 0 aromatic heterocycles. The minimum Gasteiger partial charge on any atom is -0.395 e. The second kappa shape index (κ2) is 6.92. The predicted octanol–water partition coefficient (Wildman–Crippen LogP) is 0.234. The summed E-state index contributed by atoms with van der Waals surface area (Å²) in [7, 11) is 0. The van der Waals surface area contributed by atoms with Crippen LogP contribution in [-0.2, 0) is 4.79 Å². The molecule has 0 aromatic rings. The molecule has 2 N–H and O–H groups in total. The van der Waals surface area contributed by atoms with Crippen molar-refractivity contribution in [2.45, 2.75) is 19.8 Å². The van der Waals surface area contributed by atoms with Gasteiger partial charge in [-0.15, -0.1) is 0 Å². The molecule has 1 fully saturated rings. The third kappa shape index (κ3) is 4.08. The van der Waals surface area contributed by atoms with Gasteiger partial charge >= 0.3 is 0 Å². The fourth-order valence-electron chi connectivity index (χ4n) is 1.76. The third-order valence-electron chi connectivity index (χ3n) is 2.92. The number of amides is 1. The first kappa shape index (κ1) is 13.5. The molecule has 94 valence electrons. The predicted molar refractivity (Wildman–Crippen MR) is 63.8 cm³/mol. The van der Waals surface area contributed by atoms with Crippen molar-refractivity contribution in [3.05, 3.63) is 11.8 Å². The summed E-state index contributed by atoms with van der Waals surface area (Å²) in [5.74, 6) is 0.436. The molecule has 0 unspecified atom stereocenters. The van der Waals surface area contributed by atoms with Gasteiger partial charge in [-0.05, 0) is 18.8 Å². The summed E-state index contributed by atoms with van der Waals surface area (Å²) >= 11 is 0. The molecule has 1 saturated heterocycles. The van der Waals surface area contributed by atoms with Crippen LogP contribution in [0.4, 0.5) is 0 Å². The van der Waals surface area contributed by atoms with Gasteiger partial charge in [-0.25, -0.2) is 0 Å². The van der Waals surface area contributed by atoms with Crippen molar-refractivity contribution < 1.29 is 9.90 Å². The molecule has 0 saturated carbocycles. The van der Waals surface area contributed by atoms with Gasteiger partial charge in [-0.2, -0.15) is 5.26 Å². The second-order valence-electron chi connectivity index (χ2n) is 4.32. The Kier molecular flexibility index (Phi) is 5.50. The summed E-state index contributed by atoms with van der Waals surface area (Å²) in [6, 6.07) is 1.90. The Morgan fingerprint density at radius 2 is 2.24 bits per heavy atom. The summed E-state index contributed by atoms with van der Waals surface area (Å²) in [6.07, 6.45) is 3.37. The van der Waals surface area contributed by atoms with E-state index in [1.54, 1.807) is 4.90 Å². The fourth-order valence-corrected chi connectivity index (χ4v) is 1.76. The number of hydrogen-bond acceptors (Lipinski definition) is 4. The monoisotopic (exact) mass is 237 g/mol. The van der Waals surface area contributed by atoms with E-state index in [4.69, 9.17) is 10.4 Å². The van der Waals surface area contributed by atoms with Gasteiger partial charge in [-0.1, -0.05) is 6.92 Å². The summed E-state index contributed by atoms with van der Waals surface area (Å²) in [5.41, 5.74) is 0.105. The number of nitrogens with one attached hydrogen (secondary N) is 1. The molecule has 0 aliphatic carbocycles. The molecular weight excluding hydrogens is 218 g/mol. The molecule has 17 heavy (non-hydrogen) atoms. The number of carbonyl (C=O) groups excluding carboxylic acids is 1. The van der Waals surface area contributed by atoms with Crippen LogP contribution in [-0.4, -0.2) is 42.2 Å². The number of aliphatic hydroxyl groups excluding tert-OH is 1. The second-order valence-corrected chi connectivity index (χ2v) is 4.32. The Balaban J connectivity index is 2.55. The Bertz CT molecular complexity index is 325. The smallest absolute Gasteiger partial charge is 0.265 e. The number of piperidine rings is 1. The van der Waals surface area contributed by atoms with Crippen LogP contribution in [0.3, 0.4) is 0 Å². The number of nitrogens with zero attached hydrogens (tertiary/aromatic N) is 2. The van der Waals surface area contributed by atoms with Crippen LogP contribution in [0.1, 0.15) is 19.8 Å². The summed E-state index contributed by atoms with van der Waals surface area (Å²) in [5, 5.41) is 20.2. The van der Waals surface area contributed by atoms with Crippen LogP contribution in [0.2, 0.25) is 0 Å². The van der Waals surface area contributed by atoms with Crippen molar-refractivity contribution in [1.82, 2.24) is 10.2 Å². The lowest BCUT2D eigenvalue weighted by atomic mass is 9.99. The van der Waals surface area contributed by atoms with Crippen LogP contribution in [0.25, 0.3) is 0 Å². The van der Waals surface area contributed by atoms with E-state index in [1.807, 2.05) is 6.07 Å². The molecule has 1 amide bonds. The van der Waals surface area contributed by atoms with Gasteiger partial charge in [0, 0.05) is 25.8 Å². The molecule has 1 aliphatic heterocycles. The van der Waals surface area contributed by atoms with Crippen LogP contribution in [0, 0.1) is 17.2 Å². The number of carbonyl (C=O) groups is 1. The zero-order valence-corrected chi connectivity index (χ0v) is 10.1. The average molecular weight is 237 g/mol. The van der Waals surface area contributed by atoms with Gasteiger partial charge in [0.05, 0.1) is 6.61 Å². The number of hydrogen-bond donors (Lipinski definition) is 2. The summed E-state index contributed by atoms with van der Waals surface area (Å²) in [6.45, 7) is 3.93. The molecule has 0 aromatic carbocycles. The lowest BCUT2D eigenvalue weighted by Gasteiger charge is -2.30. The number of rotatable bonds is 4. The van der Waals surface area contributed by atoms with Gasteiger partial charge in [0.25, 0.3) is 5.91 Å². The van der Waals surface area contributed by atoms with E-state index < -0.39 is 0 Å². The highest BCUT2D eigenvalue weighted by Crippen LogP contribution is 2.17. The summed E-state index contributed by atoms with van der Waals surface area (Å²) in [4.78, 5) is 13.7. The van der Waals surface area contributed by atoms with Gasteiger partial charge in [-0.3, -0.25) is 4.79 Å². The maximum absolute atomic E-state index is 12.0. The van der Waals surface area contributed by atoms with Crippen molar-refractivity contribution >= 4 is 5.91 Å². The molecule has 1 rings (SSSR count). The van der Waals surface area contributed by atoms with Gasteiger partial charge < -0.3 is 15.3 Å². The van der Waals surface area contributed by atoms with Crippen molar-refractivity contribution in [3.63, 3.8) is 0 Å². The Labute approximate surface area is 102 Å². The first-order valence-electron chi connectivity index (χ1n) is 5.92. The molecule has 5 nitrogen and oxygen atoms in total. The average Bonchev–Trinajstić information content (AvgIpc) is 2.35. The van der Waals surface area contributed by atoms with Crippen molar-refractivity contribution in [3.8, 4) is 6.07 Å². The Morgan fingerprint density at radius 3 is 2.76 bits per heavy atom. The van der Waals surface area contributed by atoms with Crippen molar-refractivity contribution in [2.75, 3.05) is 26.2 Å². The van der Waals surface area contributed by atoms with E-state index in [1.165, 1.54) is 6.20 Å². The number of aliphatic hydroxyl groups is 1. The minimum absolute atomic E-state index is 0.0232. The highest BCUT2D eigenvalue weighted by molar-refractivity contribution is 5.97. The van der Waals surface area contributed by atoms with Crippen LogP contribution in [0.5, 0.6) is 0 Å². The van der Waals surface area contributed by atoms with E-state index in [-0.39, 0.29) is 18.1 Å². The molecule has 0 radical (unpaired) electrons. The highest BCUT2D eigenvalue weighted by Gasteiger charge is 2.22. The zero-order valence-electron chi connectivity index (χ0n) is 10.1. The van der Waals surface area contributed by atoms with E-state index in [0.717, 1.165) is 25.9 Å². The normalized spacial score (nSPS) is 17.7. The number of likely N-dealkylation sites (tertiary alicyclic amines) is 1. The minimum atomic E-state index is -0.218. The Hall–Kier alpha value is -1.54. The third-order valence-corrected chi connectivity index (χ3v) is 2.92. The standard InChI is InChI=1S/C12H19N3O2/c1-10-2-5-15(6-3-10)12(17)11(8-13)9-14-4-7-16/h9-10,14,16H,2-7H2,1H3/b11-9-. The molecule has 0 spiro atoms. The first-order valence-corrected chi connectivity index (χ1v) is 5.92.